The Labute approximate surface area is 137 Å². The molecule has 124 valence electrons. The van der Waals surface area contributed by atoms with Crippen molar-refractivity contribution in [3.8, 4) is 11.5 Å². The van der Waals surface area contributed by atoms with Gasteiger partial charge in [0.25, 0.3) is 0 Å². The molecule has 5 nitrogen and oxygen atoms in total. The minimum atomic E-state index is -3.53. The van der Waals surface area contributed by atoms with Gasteiger partial charge in [0.15, 0.2) is 0 Å². The normalized spacial score (nSPS) is 11.3. The molecule has 1 N–H and O–H groups in total. The first-order chi connectivity index (χ1) is 11.0. The Morgan fingerprint density at radius 1 is 0.957 bits per heavy atom. The zero-order valence-corrected chi connectivity index (χ0v) is 14.3. The van der Waals surface area contributed by atoms with Crippen molar-refractivity contribution in [2.75, 3.05) is 20.8 Å². The minimum absolute atomic E-state index is 0.271. The van der Waals surface area contributed by atoms with Gasteiger partial charge in [-0.3, -0.25) is 0 Å². The summed E-state index contributed by atoms with van der Waals surface area (Å²) in [7, 11) is -0.366. The van der Waals surface area contributed by atoms with Crippen LogP contribution in [0.15, 0.2) is 47.4 Å². The number of aryl methyl sites for hydroxylation is 1. The highest BCUT2D eigenvalue weighted by atomic mass is 32.2. The van der Waals surface area contributed by atoms with E-state index in [2.05, 4.69) is 4.72 Å². The van der Waals surface area contributed by atoms with Crippen molar-refractivity contribution >= 4 is 10.0 Å². The van der Waals surface area contributed by atoms with Crippen molar-refractivity contribution in [2.45, 2.75) is 18.2 Å². The summed E-state index contributed by atoms with van der Waals surface area (Å²) in [4.78, 5) is 0.271. The molecular formula is C17H21NO4S. The Hall–Kier alpha value is -2.05. The monoisotopic (exact) mass is 335 g/mol. The number of methoxy groups -OCH3 is 2. The van der Waals surface area contributed by atoms with E-state index in [0.29, 0.717) is 24.3 Å². The smallest absolute Gasteiger partial charge is 0.240 e. The predicted molar refractivity (Wildman–Crippen MR) is 89.6 cm³/mol. The van der Waals surface area contributed by atoms with E-state index < -0.39 is 10.0 Å². The highest BCUT2D eigenvalue weighted by Crippen LogP contribution is 2.20. The quantitative estimate of drug-likeness (QED) is 0.844. The molecule has 2 aromatic rings. The molecule has 0 aliphatic carbocycles. The van der Waals surface area contributed by atoms with Crippen LogP contribution < -0.4 is 14.2 Å². The van der Waals surface area contributed by atoms with E-state index in [1.807, 2.05) is 24.3 Å². The van der Waals surface area contributed by atoms with Gasteiger partial charge in [0.1, 0.15) is 11.5 Å². The van der Waals surface area contributed by atoms with E-state index >= 15 is 0 Å². The van der Waals surface area contributed by atoms with Crippen molar-refractivity contribution in [3.63, 3.8) is 0 Å². The molecule has 0 heterocycles. The van der Waals surface area contributed by atoms with Crippen molar-refractivity contribution in [1.29, 1.82) is 0 Å². The molecule has 0 radical (unpaired) electrons. The van der Waals surface area contributed by atoms with Gasteiger partial charge < -0.3 is 9.47 Å². The van der Waals surface area contributed by atoms with Crippen molar-refractivity contribution in [1.82, 2.24) is 4.72 Å². The lowest BCUT2D eigenvalue weighted by Crippen LogP contribution is -2.26. The van der Waals surface area contributed by atoms with Crippen LogP contribution in [0.5, 0.6) is 11.5 Å². The summed E-state index contributed by atoms with van der Waals surface area (Å²) in [5, 5.41) is 0. The predicted octanol–water partition coefficient (Wildman–Crippen LogP) is 2.53. The Morgan fingerprint density at radius 2 is 1.57 bits per heavy atom. The van der Waals surface area contributed by atoms with Crippen LogP contribution in [0.25, 0.3) is 0 Å². The molecule has 6 heteroatoms. The van der Waals surface area contributed by atoms with Crippen LogP contribution in [-0.4, -0.2) is 29.2 Å². The van der Waals surface area contributed by atoms with E-state index in [9.17, 15) is 8.42 Å². The van der Waals surface area contributed by atoms with Crippen LogP contribution in [0.1, 0.15) is 11.1 Å². The Kier molecular flexibility index (Phi) is 5.63. The van der Waals surface area contributed by atoms with Gasteiger partial charge in [-0.25, -0.2) is 13.1 Å². The van der Waals surface area contributed by atoms with Gasteiger partial charge in [-0.15, -0.1) is 0 Å². The number of nitrogens with one attached hydrogen (secondary N) is 1. The molecule has 0 fully saturated rings. The van der Waals surface area contributed by atoms with E-state index in [-0.39, 0.29) is 4.90 Å². The fourth-order valence-electron chi connectivity index (χ4n) is 2.25. The first kappa shape index (κ1) is 17.3. The minimum Gasteiger partial charge on any atom is -0.497 e. The molecule has 0 aliphatic rings. The number of ether oxygens (including phenoxy) is 2. The van der Waals surface area contributed by atoms with Gasteiger partial charge in [0.05, 0.1) is 19.1 Å². The summed E-state index contributed by atoms with van der Waals surface area (Å²) in [5.74, 6) is 1.42. The number of hydrogen-bond donors (Lipinski definition) is 1. The lowest BCUT2D eigenvalue weighted by Gasteiger charge is -2.10. The largest absolute Gasteiger partial charge is 0.497 e. The standard InChI is InChI=1S/C17H21NO4S/c1-13-12-16(22-3)8-9-17(13)23(19,20)18-11-10-14-4-6-15(21-2)7-5-14/h4-9,12,18H,10-11H2,1-3H3. The van der Waals surface area contributed by atoms with Gasteiger partial charge in [-0.2, -0.15) is 0 Å². The molecule has 0 saturated heterocycles. The first-order valence-corrected chi connectivity index (χ1v) is 8.72. The Morgan fingerprint density at radius 3 is 2.13 bits per heavy atom. The average molecular weight is 335 g/mol. The van der Waals surface area contributed by atoms with E-state index in [1.165, 1.54) is 0 Å². The first-order valence-electron chi connectivity index (χ1n) is 7.23. The zero-order chi connectivity index (χ0) is 16.9. The van der Waals surface area contributed by atoms with E-state index in [1.54, 1.807) is 39.3 Å². The summed E-state index contributed by atoms with van der Waals surface area (Å²) in [5.41, 5.74) is 1.70. The third-order valence-electron chi connectivity index (χ3n) is 3.54. The van der Waals surface area contributed by atoms with Gasteiger partial charge in [0, 0.05) is 6.54 Å². The number of hydrogen-bond acceptors (Lipinski definition) is 4. The van der Waals surface area contributed by atoms with Crippen molar-refractivity contribution in [2.24, 2.45) is 0 Å². The maximum Gasteiger partial charge on any atom is 0.240 e. The summed E-state index contributed by atoms with van der Waals surface area (Å²) < 4.78 is 37.6. The molecule has 0 bridgehead atoms. The fraction of sp³-hybridized carbons (Fsp3) is 0.294. The molecule has 0 saturated carbocycles. The molecule has 0 aliphatic heterocycles. The second-order valence-corrected chi connectivity index (χ2v) is 6.86. The maximum atomic E-state index is 12.4. The number of benzene rings is 2. The second-order valence-electron chi connectivity index (χ2n) is 5.13. The molecule has 2 rings (SSSR count). The number of sulfonamides is 1. The molecule has 0 aromatic heterocycles. The zero-order valence-electron chi connectivity index (χ0n) is 13.5. The van der Waals surface area contributed by atoms with Crippen molar-refractivity contribution < 1.29 is 17.9 Å². The van der Waals surface area contributed by atoms with Crippen LogP contribution in [0.2, 0.25) is 0 Å². The molecular weight excluding hydrogens is 314 g/mol. The molecule has 0 amide bonds. The fourth-order valence-corrected chi connectivity index (χ4v) is 3.51. The van der Waals surface area contributed by atoms with Gasteiger partial charge in [-0.1, -0.05) is 12.1 Å². The molecule has 0 atom stereocenters. The van der Waals surface area contributed by atoms with Crippen LogP contribution in [-0.2, 0) is 16.4 Å². The average Bonchev–Trinajstić information content (AvgIpc) is 2.55. The topological polar surface area (TPSA) is 64.6 Å². The lowest BCUT2D eigenvalue weighted by molar-refractivity contribution is 0.414. The van der Waals surface area contributed by atoms with Crippen LogP contribution >= 0.6 is 0 Å². The van der Waals surface area contributed by atoms with Gasteiger partial charge in [0.2, 0.25) is 10.0 Å². The second kappa shape index (κ2) is 7.48. The van der Waals surface area contributed by atoms with Gasteiger partial charge >= 0.3 is 0 Å². The number of rotatable bonds is 7. The summed E-state index contributed by atoms with van der Waals surface area (Å²) in [6.45, 7) is 2.08. The van der Waals surface area contributed by atoms with Crippen LogP contribution in [0.4, 0.5) is 0 Å². The van der Waals surface area contributed by atoms with Crippen LogP contribution in [0.3, 0.4) is 0 Å². The SMILES string of the molecule is COc1ccc(CCNS(=O)(=O)c2ccc(OC)cc2C)cc1. The van der Waals surface area contributed by atoms with Gasteiger partial charge in [-0.05, 0) is 54.8 Å². The summed E-state index contributed by atoms with van der Waals surface area (Å²) >= 11 is 0. The van der Waals surface area contributed by atoms with E-state index in [0.717, 1.165) is 11.3 Å². The molecule has 23 heavy (non-hydrogen) atoms. The maximum absolute atomic E-state index is 12.4. The van der Waals surface area contributed by atoms with E-state index in [4.69, 9.17) is 9.47 Å². The summed E-state index contributed by atoms with van der Waals surface area (Å²) in [6, 6.07) is 12.5. The third-order valence-corrected chi connectivity index (χ3v) is 5.16. The Bertz CT molecular complexity index is 755. The third kappa shape index (κ3) is 4.46. The molecule has 0 unspecified atom stereocenters. The highest BCUT2D eigenvalue weighted by Gasteiger charge is 2.16. The van der Waals surface area contributed by atoms with Crippen LogP contribution in [0, 0.1) is 6.92 Å². The Balaban J connectivity index is 2.01. The lowest BCUT2D eigenvalue weighted by atomic mass is 10.1. The molecule has 0 spiro atoms. The summed E-state index contributed by atoms with van der Waals surface area (Å²) in [6.07, 6.45) is 0.610. The van der Waals surface area contributed by atoms with Crippen molar-refractivity contribution in [3.05, 3.63) is 53.6 Å². The molecule has 2 aromatic carbocycles. The highest BCUT2D eigenvalue weighted by molar-refractivity contribution is 7.89.